The van der Waals surface area contributed by atoms with E-state index in [9.17, 15) is 0 Å². The standard InChI is InChI=1S/C12H11Cl2NO.ClH/c1-15-12-9(4-5-16-12)6-8-2-3-10(13)7-11(8)14;/h2-5,7,15H,6H2,1H3;1H. The van der Waals surface area contributed by atoms with Gasteiger partial charge in [-0.3, -0.25) is 0 Å². The van der Waals surface area contributed by atoms with E-state index in [1.54, 1.807) is 12.3 Å². The van der Waals surface area contributed by atoms with Crippen molar-refractivity contribution in [1.82, 2.24) is 0 Å². The van der Waals surface area contributed by atoms with Crippen molar-refractivity contribution >= 4 is 41.5 Å². The van der Waals surface area contributed by atoms with Crippen LogP contribution in [0.4, 0.5) is 5.88 Å². The number of hydrogen-bond donors (Lipinski definition) is 1. The van der Waals surface area contributed by atoms with E-state index in [1.165, 1.54) is 0 Å². The Morgan fingerprint density at radius 2 is 1.94 bits per heavy atom. The number of halogens is 3. The van der Waals surface area contributed by atoms with Gasteiger partial charge in [-0.1, -0.05) is 29.3 Å². The Labute approximate surface area is 116 Å². The summed E-state index contributed by atoms with van der Waals surface area (Å²) in [5, 5.41) is 4.32. The van der Waals surface area contributed by atoms with Crippen molar-refractivity contribution in [2.45, 2.75) is 6.42 Å². The molecule has 0 spiro atoms. The molecule has 0 bridgehead atoms. The zero-order valence-corrected chi connectivity index (χ0v) is 11.5. The fourth-order valence-electron chi connectivity index (χ4n) is 1.56. The van der Waals surface area contributed by atoms with Crippen molar-refractivity contribution in [3.05, 3.63) is 51.7 Å². The Kier molecular flexibility index (Phi) is 5.19. The van der Waals surface area contributed by atoms with Crippen molar-refractivity contribution in [3.63, 3.8) is 0 Å². The Hall–Kier alpha value is -0.830. The molecule has 1 aromatic carbocycles. The highest BCUT2D eigenvalue weighted by atomic mass is 35.5. The Morgan fingerprint density at radius 1 is 1.18 bits per heavy atom. The fraction of sp³-hybridized carbons (Fsp3) is 0.167. The molecule has 2 rings (SSSR count). The van der Waals surface area contributed by atoms with E-state index in [0.29, 0.717) is 10.0 Å². The first-order valence-corrected chi connectivity index (χ1v) is 5.64. The van der Waals surface area contributed by atoms with Gasteiger partial charge in [0.2, 0.25) is 0 Å². The van der Waals surface area contributed by atoms with E-state index < -0.39 is 0 Å². The first kappa shape index (κ1) is 14.2. The quantitative estimate of drug-likeness (QED) is 0.891. The minimum Gasteiger partial charge on any atom is -0.449 e. The number of furan rings is 1. The summed E-state index contributed by atoms with van der Waals surface area (Å²) in [6.07, 6.45) is 2.38. The van der Waals surface area contributed by atoms with Crippen LogP contribution in [0.3, 0.4) is 0 Å². The van der Waals surface area contributed by atoms with Crippen LogP contribution in [0.2, 0.25) is 10.0 Å². The lowest BCUT2D eigenvalue weighted by atomic mass is 10.1. The lowest BCUT2D eigenvalue weighted by Gasteiger charge is -2.05. The summed E-state index contributed by atoms with van der Waals surface area (Å²) in [5.41, 5.74) is 2.11. The summed E-state index contributed by atoms with van der Waals surface area (Å²) >= 11 is 11.9. The third kappa shape index (κ3) is 3.32. The van der Waals surface area contributed by atoms with E-state index in [1.807, 2.05) is 25.2 Å². The van der Waals surface area contributed by atoms with Gasteiger partial charge in [-0.05, 0) is 23.8 Å². The maximum atomic E-state index is 6.11. The summed E-state index contributed by atoms with van der Waals surface area (Å²) < 4.78 is 5.27. The van der Waals surface area contributed by atoms with Gasteiger partial charge in [-0.2, -0.15) is 0 Å². The second kappa shape index (κ2) is 6.20. The zero-order chi connectivity index (χ0) is 11.5. The van der Waals surface area contributed by atoms with Gasteiger partial charge in [0.05, 0.1) is 6.26 Å². The van der Waals surface area contributed by atoms with Gasteiger partial charge >= 0.3 is 0 Å². The molecule has 0 atom stereocenters. The van der Waals surface area contributed by atoms with Crippen LogP contribution in [-0.4, -0.2) is 7.05 Å². The summed E-state index contributed by atoms with van der Waals surface area (Å²) in [6.45, 7) is 0. The monoisotopic (exact) mass is 291 g/mol. The Bertz CT molecular complexity index is 496. The van der Waals surface area contributed by atoms with Gasteiger partial charge in [0, 0.05) is 29.1 Å². The van der Waals surface area contributed by atoms with E-state index in [-0.39, 0.29) is 12.4 Å². The molecule has 92 valence electrons. The molecule has 0 fully saturated rings. The largest absolute Gasteiger partial charge is 0.449 e. The minimum atomic E-state index is 0. The average Bonchev–Trinajstić information content (AvgIpc) is 2.69. The van der Waals surface area contributed by atoms with E-state index in [2.05, 4.69) is 5.32 Å². The van der Waals surface area contributed by atoms with Crippen molar-refractivity contribution in [2.75, 3.05) is 12.4 Å². The molecular weight excluding hydrogens is 280 g/mol. The zero-order valence-electron chi connectivity index (χ0n) is 9.17. The molecular formula is C12H12Cl3NO. The first-order chi connectivity index (χ1) is 7.70. The van der Waals surface area contributed by atoms with Crippen LogP contribution in [0.5, 0.6) is 0 Å². The molecule has 0 saturated carbocycles. The van der Waals surface area contributed by atoms with Gasteiger partial charge in [0.25, 0.3) is 0 Å². The predicted octanol–water partition coefficient (Wildman–Crippen LogP) is 4.64. The van der Waals surface area contributed by atoms with E-state index >= 15 is 0 Å². The van der Waals surface area contributed by atoms with Crippen LogP contribution in [-0.2, 0) is 6.42 Å². The average molecular weight is 293 g/mol. The van der Waals surface area contributed by atoms with Gasteiger partial charge < -0.3 is 9.73 Å². The van der Waals surface area contributed by atoms with Crippen LogP contribution >= 0.6 is 35.6 Å². The highest BCUT2D eigenvalue weighted by Crippen LogP contribution is 2.26. The van der Waals surface area contributed by atoms with Crippen LogP contribution in [0.15, 0.2) is 34.9 Å². The summed E-state index contributed by atoms with van der Waals surface area (Å²) in [5.74, 6) is 0.769. The third-order valence-corrected chi connectivity index (χ3v) is 2.96. The van der Waals surface area contributed by atoms with E-state index in [4.69, 9.17) is 27.6 Å². The summed E-state index contributed by atoms with van der Waals surface area (Å²) in [6, 6.07) is 7.44. The number of benzene rings is 1. The van der Waals surface area contributed by atoms with Gasteiger partial charge in [-0.25, -0.2) is 0 Å². The van der Waals surface area contributed by atoms with Crippen molar-refractivity contribution < 1.29 is 4.42 Å². The van der Waals surface area contributed by atoms with Gasteiger partial charge in [0.1, 0.15) is 0 Å². The lowest BCUT2D eigenvalue weighted by molar-refractivity contribution is 0.581. The molecule has 1 N–H and O–H groups in total. The molecule has 0 aliphatic carbocycles. The molecule has 17 heavy (non-hydrogen) atoms. The molecule has 0 radical (unpaired) electrons. The van der Waals surface area contributed by atoms with Crippen molar-refractivity contribution in [1.29, 1.82) is 0 Å². The molecule has 0 unspecified atom stereocenters. The maximum absolute atomic E-state index is 6.11. The molecule has 2 nitrogen and oxygen atoms in total. The second-order valence-corrected chi connectivity index (χ2v) is 4.28. The summed E-state index contributed by atoms with van der Waals surface area (Å²) in [7, 11) is 1.83. The van der Waals surface area contributed by atoms with E-state index in [0.717, 1.165) is 23.4 Å². The molecule has 2 aromatic rings. The third-order valence-electron chi connectivity index (χ3n) is 2.37. The number of anilines is 1. The van der Waals surface area contributed by atoms with Crippen LogP contribution in [0.1, 0.15) is 11.1 Å². The molecule has 0 amide bonds. The smallest absolute Gasteiger partial charge is 0.195 e. The number of hydrogen-bond acceptors (Lipinski definition) is 2. The highest BCUT2D eigenvalue weighted by Gasteiger charge is 2.08. The maximum Gasteiger partial charge on any atom is 0.195 e. The van der Waals surface area contributed by atoms with Gasteiger partial charge in [0.15, 0.2) is 5.88 Å². The normalized spacial score (nSPS) is 9.82. The van der Waals surface area contributed by atoms with Gasteiger partial charge in [-0.15, -0.1) is 12.4 Å². The molecule has 0 saturated heterocycles. The summed E-state index contributed by atoms with van der Waals surface area (Å²) in [4.78, 5) is 0. The predicted molar refractivity (Wildman–Crippen MR) is 74.8 cm³/mol. The number of nitrogens with one attached hydrogen (secondary N) is 1. The Balaban J connectivity index is 0.00000144. The first-order valence-electron chi connectivity index (χ1n) is 4.88. The van der Waals surface area contributed by atoms with Crippen molar-refractivity contribution in [2.24, 2.45) is 0 Å². The SMILES string of the molecule is CNc1occc1Cc1ccc(Cl)cc1Cl.Cl. The molecule has 1 aromatic heterocycles. The Morgan fingerprint density at radius 3 is 2.59 bits per heavy atom. The fourth-order valence-corrected chi connectivity index (χ4v) is 2.04. The number of rotatable bonds is 3. The second-order valence-electron chi connectivity index (χ2n) is 3.44. The van der Waals surface area contributed by atoms with Crippen LogP contribution in [0, 0.1) is 0 Å². The highest BCUT2D eigenvalue weighted by molar-refractivity contribution is 6.35. The molecule has 0 aliphatic rings. The van der Waals surface area contributed by atoms with Crippen molar-refractivity contribution in [3.8, 4) is 0 Å². The van der Waals surface area contributed by atoms with Crippen LogP contribution in [0.25, 0.3) is 0 Å². The van der Waals surface area contributed by atoms with Crippen LogP contribution < -0.4 is 5.32 Å². The topological polar surface area (TPSA) is 25.2 Å². The molecule has 1 heterocycles. The molecule has 0 aliphatic heterocycles. The minimum absolute atomic E-state index is 0. The molecule has 5 heteroatoms. The lowest BCUT2D eigenvalue weighted by Crippen LogP contribution is -1.93.